The number of benzene rings is 3. The van der Waals surface area contributed by atoms with E-state index in [1.54, 1.807) is 18.2 Å². The monoisotopic (exact) mass is 575 g/mol. The van der Waals surface area contributed by atoms with Crippen molar-refractivity contribution in [2.75, 3.05) is 4.72 Å². The zero-order valence-electron chi connectivity index (χ0n) is 13.5. The molecule has 0 aliphatic carbocycles. The second-order valence-corrected chi connectivity index (χ2v) is 9.58. The van der Waals surface area contributed by atoms with Crippen molar-refractivity contribution < 1.29 is 18.3 Å². The van der Waals surface area contributed by atoms with Gasteiger partial charge in [0.2, 0.25) is 0 Å². The molecule has 27 heavy (non-hydrogen) atoms. The van der Waals surface area contributed by atoms with Gasteiger partial charge in [0.1, 0.15) is 17.2 Å². The molecule has 0 atom stereocenters. The second-order valence-electron chi connectivity index (χ2n) is 5.40. The van der Waals surface area contributed by atoms with Gasteiger partial charge in [-0.2, -0.15) is 0 Å². The Morgan fingerprint density at radius 1 is 0.852 bits per heavy atom. The summed E-state index contributed by atoms with van der Waals surface area (Å²) in [5, 5.41) is 10.1. The Morgan fingerprint density at radius 2 is 1.48 bits per heavy atom. The smallest absolute Gasteiger partial charge is 0.262 e. The lowest BCUT2D eigenvalue weighted by Crippen LogP contribution is -2.13. The molecule has 5 nitrogen and oxygen atoms in total. The summed E-state index contributed by atoms with van der Waals surface area (Å²) in [5.74, 6) is 0.766. The van der Waals surface area contributed by atoms with Crippen LogP contribution in [0.5, 0.6) is 17.2 Å². The van der Waals surface area contributed by atoms with E-state index in [-0.39, 0.29) is 16.3 Å². The lowest BCUT2D eigenvalue weighted by Gasteiger charge is -2.13. The summed E-state index contributed by atoms with van der Waals surface area (Å²) >= 11 is 9.93. The van der Waals surface area contributed by atoms with Gasteiger partial charge in [-0.15, -0.1) is 0 Å². The van der Waals surface area contributed by atoms with Crippen LogP contribution in [-0.4, -0.2) is 13.5 Å². The quantitative estimate of drug-likeness (QED) is 0.277. The lowest BCUT2D eigenvalue weighted by atomic mass is 10.3. The number of aromatic hydroxyl groups is 1. The van der Waals surface area contributed by atoms with Gasteiger partial charge in [0.05, 0.1) is 10.6 Å². The van der Waals surface area contributed by atoms with E-state index < -0.39 is 10.0 Å². The van der Waals surface area contributed by atoms with Crippen LogP contribution in [-0.2, 0) is 10.0 Å². The van der Waals surface area contributed by atoms with Crippen LogP contribution in [0.4, 0.5) is 5.69 Å². The zero-order valence-corrected chi connectivity index (χ0v) is 19.1. The van der Waals surface area contributed by atoms with Gasteiger partial charge < -0.3 is 9.84 Å². The van der Waals surface area contributed by atoms with Crippen LogP contribution in [0, 0.1) is 0 Å². The molecule has 0 aromatic heterocycles. The molecule has 9 heteroatoms. The highest BCUT2D eigenvalue weighted by molar-refractivity contribution is 9.14. The molecule has 3 aromatic rings. The topological polar surface area (TPSA) is 75.6 Å². The maximum Gasteiger partial charge on any atom is 0.262 e. The average Bonchev–Trinajstić information content (AvgIpc) is 2.62. The van der Waals surface area contributed by atoms with Crippen molar-refractivity contribution in [1.29, 1.82) is 0 Å². The van der Waals surface area contributed by atoms with Gasteiger partial charge in [-0.1, -0.05) is 18.2 Å². The second kappa shape index (κ2) is 8.22. The van der Waals surface area contributed by atoms with E-state index in [9.17, 15) is 13.5 Å². The molecule has 0 heterocycles. The molecule has 0 fully saturated rings. The fourth-order valence-electron chi connectivity index (χ4n) is 2.18. The van der Waals surface area contributed by atoms with Crippen LogP contribution in [0.2, 0.25) is 0 Å². The summed E-state index contributed by atoms with van der Waals surface area (Å²) in [6, 6.07) is 16.3. The predicted molar refractivity (Wildman–Crippen MR) is 115 cm³/mol. The van der Waals surface area contributed by atoms with Crippen LogP contribution in [0.25, 0.3) is 0 Å². The lowest BCUT2D eigenvalue weighted by molar-refractivity contribution is 0.466. The summed E-state index contributed by atoms with van der Waals surface area (Å²) < 4.78 is 35.3. The van der Waals surface area contributed by atoms with Gasteiger partial charge in [0.15, 0.2) is 0 Å². The van der Waals surface area contributed by atoms with Gasteiger partial charge in [-0.05, 0) is 84.2 Å². The molecule has 0 radical (unpaired) electrons. The van der Waals surface area contributed by atoms with E-state index in [1.807, 2.05) is 18.2 Å². The molecule has 0 unspecified atom stereocenters. The molecule has 0 aliphatic rings. The third-order valence-corrected chi connectivity index (χ3v) is 7.97. The van der Waals surface area contributed by atoms with Gasteiger partial charge in [0, 0.05) is 19.5 Å². The number of rotatable bonds is 5. The number of hydrogen-bond donors (Lipinski definition) is 2. The summed E-state index contributed by atoms with van der Waals surface area (Å²) in [5.41, 5.74) is 0.0126. The van der Waals surface area contributed by atoms with E-state index in [0.717, 1.165) is 0 Å². The highest BCUT2D eigenvalue weighted by atomic mass is 79.9. The van der Waals surface area contributed by atoms with Crippen molar-refractivity contribution >= 4 is 63.5 Å². The number of sulfonamides is 1. The van der Waals surface area contributed by atoms with E-state index >= 15 is 0 Å². The fourth-order valence-corrected chi connectivity index (χ4v) is 5.01. The first-order chi connectivity index (χ1) is 12.8. The van der Waals surface area contributed by atoms with Crippen LogP contribution in [0.1, 0.15) is 0 Å². The Balaban J connectivity index is 1.91. The number of nitrogens with one attached hydrogen (secondary N) is 1. The molecular formula is C18H12Br3NO4S. The average molecular weight is 578 g/mol. The first-order valence-electron chi connectivity index (χ1n) is 7.49. The van der Waals surface area contributed by atoms with Crippen molar-refractivity contribution in [3.05, 3.63) is 74.1 Å². The Bertz CT molecular complexity index is 1070. The van der Waals surface area contributed by atoms with Gasteiger partial charge in [-0.25, -0.2) is 8.42 Å². The standard InChI is InChI=1S/C18H12Br3NO4S/c19-14-9-13(10-15(20)18(14)21)27(24,25)22-16-8-12(6-7-17(16)23)26-11-4-2-1-3-5-11/h1-10,22-23H. The van der Waals surface area contributed by atoms with Crippen molar-refractivity contribution in [3.8, 4) is 17.2 Å². The zero-order chi connectivity index (χ0) is 19.6. The molecule has 3 rings (SSSR count). The van der Waals surface area contributed by atoms with Gasteiger partial charge in [-0.3, -0.25) is 4.72 Å². The summed E-state index contributed by atoms with van der Waals surface area (Å²) in [7, 11) is -3.93. The van der Waals surface area contributed by atoms with Crippen LogP contribution in [0.15, 0.2) is 79.0 Å². The molecule has 3 aromatic carbocycles. The maximum absolute atomic E-state index is 12.7. The van der Waals surface area contributed by atoms with E-state index in [1.165, 1.54) is 24.3 Å². The summed E-state index contributed by atoms with van der Waals surface area (Å²) in [4.78, 5) is 0.0261. The fraction of sp³-hybridized carbons (Fsp3) is 0. The Hall–Kier alpha value is -1.55. The number of ether oxygens (including phenoxy) is 1. The molecule has 2 N–H and O–H groups in total. The molecule has 0 bridgehead atoms. The minimum atomic E-state index is -3.93. The van der Waals surface area contributed by atoms with E-state index in [2.05, 4.69) is 52.5 Å². The van der Waals surface area contributed by atoms with Crippen molar-refractivity contribution in [2.24, 2.45) is 0 Å². The highest BCUT2D eigenvalue weighted by Crippen LogP contribution is 2.36. The van der Waals surface area contributed by atoms with Crippen molar-refractivity contribution in [3.63, 3.8) is 0 Å². The minimum absolute atomic E-state index is 0.0126. The Morgan fingerprint density at radius 3 is 2.11 bits per heavy atom. The van der Waals surface area contributed by atoms with Crippen LogP contribution < -0.4 is 9.46 Å². The number of hydrogen-bond acceptors (Lipinski definition) is 4. The summed E-state index contributed by atoms with van der Waals surface area (Å²) in [6.07, 6.45) is 0. The first-order valence-corrected chi connectivity index (χ1v) is 11.4. The number of para-hydroxylation sites is 1. The third-order valence-electron chi connectivity index (χ3n) is 3.46. The highest BCUT2D eigenvalue weighted by Gasteiger charge is 2.19. The summed E-state index contributed by atoms with van der Waals surface area (Å²) in [6.45, 7) is 0. The van der Waals surface area contributed by atoms with Crippen molar-refractivity contribution in [2.45, 2.75) is 4.90 Å². The largest absolute Gasteiger partial charge is 0.506 e. The molecular weight excluding hydrogens is 566 g/mol. The molecule has 140 valence electrons. The maximum atomic E-state index is 12.7. The number of phenolic OH excluding ortho intramolecular Hbond substituents is 1. The minimum Gasteiger partial charge on any atom is -0.506 e. The Kier molecular flexibility index (Phi) is 6.15. The molecule has 0 saturated heterocycles. The molecule has 0 amide bonds. The van der Waals surface area contributed by atoms with Gasteiger partial charge >= 0.3 is 0 Å². The predicted octanol–water partition coefficient (Wildman–Crippen LogP) is 6.27. The molecule has 0 aliphatic heterocycles. The van der Waals surface area contributed by atoms with Crippen LogP contribution >= 0.6 is 47.8 Å². The SMILES string of the molecule is O=S(=O)(Nc1cc(Oc2ccccc2)ccc1O)c1cc(Br)c(Br)c(Br)c1. The number of phenols is 1. The molecule has 0 saturated carbocycles. The van der Waals surface area contributed by atoms with E-state index in [4.69, 9.17) is 4.74 Å². The number of halogens is 3. The number of anilines is 1. The first kappa shape index (κ1) is 20.2. The van der Waals surface area contributed by atoms with Crippen molar-refractivity contribution in [1.82, 2.24) is 0 Å². The van der Waals surface area contributed by atoms with Crippen LogP contribution in [0.3, 0.4) is 0 Å². The van der Waals surface area contributed by atoms with E-state index in [0.29, 0.717) is 24.9 Å². The normalized spacial score (nSPS) is 11.2. The third kappa shape index (κ3) is 4.84. The molecule has 0 spiro atoms. The Labute approximate surface area is 181 Å². The van der Waals surface area contributed by atoms with Gasteiger partial charge in [0.25, 0.3) is 10.0 Å².